The van der Waals surface area contributed by atoms with Crippen LogP contribution in [0.3, 0.4) is 0 Å². The van der Waals surface area contributed by atoms with Crippen LogP contribution in [0.5, 0.6) is 0 Å². The van der Waals surface area contributed by atoms with Crippen LogP contribution in [0.25, 0.3) is 0 Å². The highest BCUT2D eigenvalue weighted by molar-refractivity contribution is 8.31. The molecule has 74 valence electrons. The minimum Gasteiger partial charge on any atom is -0.207 e. The Morgan fingerprint density at radius 2 is 1.38 bits per heavy atom. The lowest BCUT2D eigenvalue weighted by molar-refractivity contribution is 0.621. The molecule has 1 rings (SSSR count). The average Bonchev–Trinajstić information content (AvgIpc) is 1.92. The zero-order chi connectivity index (χ0) is 10.5. The van der Waals surface area contributed by atoms with E-state index < -0.39 is 8.26 Å². The first-order valence-electron chi connectivity index (χ1n) is 2.84. The van der Waals surface area contributed by atoms with Gasteiger partial charge < -0.3 is 0 Å². The predicted molar refractivity (Wildman–Crippen MR) is 52.0 cm³/mol. The van der Waals surface area contributed by atoms with Gasteiger partial charge in [-0.25, -0.2) is 4.39 Å². The van der Waals surface area contributed by atoms with Crippen molar-refractivity contribution in [3.8, 4) is 0 Å². The predicted octanol–water partition coefficient (Wildman–Crippen LogP) is 3.19. The second-order valence-corrected chi connectivity index (χ2v) is 5.92. The van der Waals surface area contributed by atoms with Crippen molar-refractivity contribution in [1.82, 2.24) is 0 Å². The van der Waals surface area contributed by atoms with Gasteiger partial charge in [-0.3, -0.25) is 0 Å². The molecule has 1 aromatic carbocycles. The number of hydrogen-bond acceptors (Lipinski definition) is 2. The van der Waals surface area contributed by atoms with Gasteiger partial charge >= 0.3 is 8.26 Å². The van der Waals surface area contributed by atoms with Crippen molar-refractivity contribution >= 4 is 41.2 Å². The molecule has 0 radical (unpaired) electrons. The van der Waals surface area contributed by atoms with Crippen molar-refractivity contribution < 1.29 is 12.8 Å². The highest BCUT2D eigenvalue weighted by atomic mass is 36.0. The largest absolute Gasteiger partial charge is 0.317 e. The fourth-order valence-corrected chi connectivity index (χ4v) is 0.556. The summed E-state index contributed by atoms with van der Waals surface area (Å²) < 4.78 is 30.4. The van der Waals surface area contributed by atoms with Crippen LogP contribution < -0.4 is 0 Å². The Labute approximate surface area is 89.1 Å². The first-order chi connectivity index (χ1) is 5.79. The Morgan fingerprint density at radius 3 is 1.62 bits per heavy atom. The normalized spacial score (nSPS) is 10.2. The summed E-state index contributed by atoms with van der Waals surface area (Å²) in [5.74, 6) is -0.255. The molecule has 13 heavy (non-hydrogen) atoms. The summed E-state index contributed by atoms with van der Waals surface area (Å²) in [6.07, 6.45) is 0. The van der Waals surface area contributed by atoms with E-state index in [1.54, 1.807) is 0 Å². The maximum absolute atomic E-state index is 12.0. The minimum absolute atomic E-state index is 0.255. The highest BCUT2D eigenvalue weighted by Crippen LogP contribution is 2.07. The molecule has 0 N–H and O–H groups in total. The van der Waals surface area contributed by atoms with Crippen molar-refractivity contribution in [1.29, 1.82) is 0 Å². The van der Waals surface area contributed by atoms with E-state index >= 15 is 0 Å². The SMILES string of the molecule is Fc1ccc(Cl)cc1.O=S(=O)(Cl)Cl. The molecule has 0 atom stereocenters. The molecule has 0 aliphatic carbocycles. The molecule has 0 unspecified atom stereocenters. The first-order valence-corrected chi connectivity index (χ1v) is 6.35. The minimum atomic E-state index is -3.72. The maximum Gasteiger partial charge on any atom is 0.317 e. The third-order valence-corrected chi connectivity index (χ3v) is 1.06. The van der Waals surface area contributed by atoms with Crippen LogP contribution in [0.4, 0.5) is 4.39 Å². The number of hydrogen-bond donors (Lipinski definition) is 0. The monoisotopic (exact) mass is 264 g/mol. The molecule has 0 saturated carbocycles. The number of rotatable bonds is 0. The van der Waals surface area contributed by atoms with Crippen molar-refractivity contribution in [3.63, 3.8) is 0 Å². The molecule has 0 aliphatic rings. The Kier molecular flexibility index (Phi) is 5.64. The van der Waals surface area contributed by atoms with Crippen LogP contribution in [0.2, 0.25) is 5.02 Å². The molecule has 0 saturated heterocycles. The van der Waals surface area contributed by atoms with Gasteiger partial charge in [0.1, 0.15) is 5.82 Å². The summed E-state index contributed by atoms with van der Waals surface area (Å²) in [7, 11) is 4.81. The van der Waals surface area contributed by atoms with Crippen LogP contribution >= 0.6 is 33.0 Å². The van der Waals surface area contributed by atoms with Crippen LogP contribution in [0.1, 0.15) is 0 Å². The molecule has 0 aromatic heterocycles. The van der Waals surface area contributed by atoms with Crippen LogP contribution in [0.15, 0.2) is 24.3 Å². The lowest BCUT2D eigenvalue weighted by Crippen LogP contribution is -1.67. The molecule has 0 aliphatic heterocycles. The van der Waals surface area contributed by atoms with Gasteiger partial charge in [-0.05, 0) is 24.3 Å². The molecule has 0 bridgehead atoms. The maximum atomic E-state index is 12.0. The summed E-state index contributed by atoms with van der Waals surface area (Å²) in [6.45, 7) is 0. The Hall–Kier alpha value is -0.0300. The third-order valence-electron chi connectivity index (χ3n) is 0.804. The molecule has 1 aromatic rings. The smallest absolute Gasteiger partial charge is 0.207 e. The molecule has 0 fully saturated rings. The van der Waals surface area contributed by atoms with E-state index in [4.69, 9.17) is 20.0 Å². The Balaban J connectivity index is 0.000000252. The topological polar surface area (TPSA) is 34.1 Å². The summed E-state index contributed by atoms with van der Waals surface area (Å²) in [4.78, 5) is 0. The van der Waals surface area contributed by atoms with E-state index in [1.165, 1.54) is 24.3 Å². The van der Waals surface area contributed by atoms with Gasteiger partial charge in [-0.15, -0.1) is 0 Å². The van der Waals surface area contributed by atoms with E-state index in [0.717, 1.165) is 0 Å². The van der Waals surface area contributed by atoms with Gasteiger partial charge in [0.2, 0.25) is 0 Å². The zero-order valence-electron chi connectivity index (χ0n) is 6.05. The van der Waals surface area contributed by atoms with Gasteiger partial charge in [-0.1, -0.05) is 11.6 Å². The van der Waals surface area contributed by atoms with Crippen LogP contribution in [0, 0.1) is 5.82 Å². The average molecular weight is 266 g/mol. The summed E-state index contributed by atoms with van der Waals surface area (Å²) in [5.41, 5.74) is 0. The quantitative estimate of drug-likeness (QED) is 0.675. The van der Waals surface area contributed by atoms with E-state index in [9.17, 15) is 4.39 Å². The number of benzene rings is 1. The third kappa shape index (κ3) is 12.0. The standard InChI is InChI=1S/C6H4ClF.Cl2O2S/c7-5-1-3-6(8)4-2-5;1-5(2,3)4/h1-4H;. The highest BCUT2D eigenvalue weighted by Gasteiger charge is 1.88. The van der Waals surface area contributed by atoms with Crippen molar-refractivity contribution in [2.75, 3.05) is 0 Å². The summed E-state index contributed by atoms with van der Waals surface area (Å²) >= 11 is 5.44. The van der Waals surface area contributed by atoms with E-state index in [-0.39, 0.29) is 5.82 Å². The lowest BCUT2D eigenvalue weighted by atomic mass is 10.4. The van der Waals surface area contributed by atoms with E-state index in [1.807, 2.05) is 0 Å². The zero-order valence-corrected chi connectivity index (χ0v) is 9.13. The Morgan fingerprint density at radius 1 is 1.08 bits per heavy atom. The van der Waals surface area contributed by atoms with Gasteiger partial charge in [0, 0.05) is 26.4 Å². The summed E-state index contributed by atoms with van der Waals surface area (Å²) in [5, 5.41) is 0.561. The van der Waals surface area contributed by atoms with Crippen LogP contribution in [-0.2, 0) is 8.26 Å². The van der Waals surface area contributed by atoms with E-state index in [2.05, 4.69) is 21.4 Å². The summed E-state index contributed by atoms with van der Waals surface area (Å²) in [6, 6.07) is 5.67. The molecule has 2 nitrogen and oxygen atoms in total. The van der Waals surface area contributed by atoms with Crippen molar-refractivity contribution in [2.24, 2.45) is 0 Å². The number of halogens is 4. The fourth-order valence-electron chi connectivity index (χ4n) is 0.430. The van der Waals surface area contributed by atoms with Gasteiger partial charge in [0.15, 0.2) is 0 Å². The Bertz CT molecular complexity index is 320. The second-order valence-electron chi connectivity index (χ2n) is 1.81. The van der Waals surface area contributed by atoms with Gasteiger partial charge in [0.25, 0.3) is 0 Å². The molecule has 0 amide bonds. The van der Waals surface area contributed by atoms with Crippen molar-refractivity contribution in [2.45, 2.75) is 0 Å². The molecule has 0 heterocycles. The van der Waals surface area contributed by atoms with E-state index in [0.29, 0.717) is 5.02 Å². The molecule has 7 heteroatoms. The van der Waals surface area contributed by atoms with Crippen molar-refractivity contribution in [3.05, 3.63) is 35.1 Å². The first kappa shape index (κ1) is 13.0. The molecular formula is C6H4Cl3FO2S. The van der Waals surface area contributed by atoms with Crippen LogP contribution in [-0.4, -0.2) is 8.42 Å². The lowest BCUT2D eigenvalue weighted by Gasteiger charge is -1.84. The second kappa shape index (κ2) is 5.65. The fraction of sp³-hybridized carbons (Fsp3) is 0. The van der Waals surface area contributed by atoms with Gasteiger partial charge in [0.05, 0.1) is 0 Å². The molecular weight excluding hydrogens is 261 g/mol. The molecule has 0 spiro atoms. The van der Waals surface area contributed by atoms with Gasteiger partial charge in [-0.2, -0.15) is 8.42 Å².